The number of halogens is 1. The molecule has 0 aliphatic rings. The molecular weight excluding hydrogens is 400 g/mol. The van der Waals surface area contributed by atoms with Gasteiger partial charge in [0.15, 0.2) is 18.1 Å². The Balaban J connectivity index is 1.92. The highest BCUT2D eigenvalue weighted by Crippen LogP contribution is 2.34. The second kappa shape index (κ2) is 9.62. The Bertz CT molecular complexity index is 821. The standard InChI is InChI=1S/C19H19BrN2O4/c1-3-6-14-7-4-5-8-16(14)26-12-18(23)22-21-11-13-9-15(20)19(24)17(10-13)25-2/h3-5,7-11,24H,1,6,12H2,2H3,(H,22,23)/b21-11-. The Hall–Kier alpha value is -2.80. The fraction of sp³-hybridized carbons (Fsp3) is 0.158. The monoisotopic (exact) mass is 418 g/mol. The normalized spacial score (nSPS) is 10.5. The van der Waals surface area contributed by atoms with Crippen LogP contribution in [0.5, 0.6) is 17.2 Å². The number of rotatable bonds is 8. The molecular formula is C19H19BrN2O4. The zero-order valence-electron chi connectivity index (χ0n) is 14.2. The number of nitrogens with one attached hydrogen (secondary N) is 1. The molecule has 2 N–H and O–H groups in total. The van der Waals surface area contributed by atoms with Gasteiger partial charge in [0.1, 0.15) is 5.75 Å². The van der Waals surface area contributed by atoms with Crippen LogP contribution in [0, 0.1) is 0 Å². The van der Waals surface area contributed by atoms with E-state index in [4.69, 9.17) is 9.47 Å². The third-order valence-corrected chi connectivity index (χ3v) is 3.97. The van der Waals surface area contributed by atoms with Crippen molar-refractivity contribution in [2.45, 2.75) is 6.42 Å². The highest BCUT2D eigenvalue weighted by molar-refractivity contribution is 9.10. The molecule has 136 valence electrons. The van der Waals surface area contributed by atoms with Crippen molar-refractivity contribution < 1.29 is 19.4 Å². The van der Waals surface area contributed by atoms with Gasteiger partial charge in [0.25, 0.3) is 5.91 Å². The Morgan fingerprint density at radius 2 is 2.12 bits per heavy atom. The third kappa shape index (κ3) is 5.35. The number of hydrogen-bond donors (Lipinski definition) is 2. The molecule has 0 fully saturated rings. The summed E-state index contributed by atoms with van der Waals surface area (Å²) < 4.78 is 11.1. The first-order valence-corrected chi connectivity index (χ1v) is 8.54. The minimum absolute atomic E-state index is 0.000255. The Kier molecular flexibility index (Phi) is 7.23. The maximum absolute atomic E-state index is 11.9. The van der Waals surface area contributed by atoms with Crippen LogP contribution >= 0.6 is 15.9 Å². The molecule has 0 aromatic heterocycles. The van der Waals surface area contributed by atoms with E-state index in [1.807, 2.05) is 18.2 Å². The van der Waals surface area contributed by atoms with E-state index in [2.05, 4.69) is 33.0 Å². The number of ether oxygens (including phenoxy) is 2. The number of aromatic hydroxyl groups is 1. The molecule has 26 heavy (non-hydrogen) atoms. The van der Waals surface area contributed by atoms with Gasteiger partial charge in [0.2, 0.25) is 0 Å². The molecule has 0 bridgehead atoms. The van der Waals surface area contributed by atoms with Crippen LogP contribution in [-0.2, 0) is 11.2 Å². The summed E-state index contributed by atoms with van der Waals surface area (Å²) in [6.45, 7) is 3.54. The lowest BCUT2D eigenvalue weighted by Gasteiger charge is -2.09. The van der Waals surface area contributed by atoms with Gasteiger partial charge >= 0.3 is 0 Å². The van der Waals surface area contributed by atoms with Gasteiger partial charge in [-0.25, -0.2) is 5.43 Å². The first-order chi connectivity index (χ1) is 12.5. The topological polar surface area (TPSA) is 80.2 Å². The molecule has 6 nitrogen and oxygen atoms in total. The third-order valence-electron chi connectivity index (χ3n) is 3.37. The maximum Gasteiger partial charge on any atom is 0.277 e. The number of phenols is 1. The lowest BCUT2D eigenvalue weighted by atomic mass is 10.1. The minimum atomic E-state index is -0.389. The van der Waals surface area contributed by atoms with E-state index in [0.717, 1.165) is 5.56 Å². The van der Waals surface area contributed by atoms with Gasteiger partial charge < -0.3 is 14.6 Å². The molecule has 0 aliphatic heterocycles. The number of carbonyl (C=O) groups is 1. The van der Waals surface area contributed by atoms with Crippen LogP contribution in [0.25, 0.3) is 0 Å². The second-order valence-corrected chi connectivity index (χ2v) is 6.09. The lowest BCUT2D eigenvalue weighted by Crippen LogP contribution is -2.24. The molecule has 0 radical (unpaired) electrons. The first-order valence-electron chi connectivity index (χ1n) is 7.75. The quantitative estimate of drug-likeness (QED) is 0.391. The summed E-state index contributed by atoms with van der Waals surface area (Å²) in [6, 6.07) is 10.7. The van der Waals surface area contributed by atoms with E-state index < -0.39 is 0 Å². The number of para-hydroxylation sites is 1. The van der Waals surface area contributed by atoms with Crippen molar-refractivity contribution in [1.82, 2.24) is 5.43 Å². The fourth-order valence-corrected chi connectivity index (χ4v) is 2.61. The minimum Gasteiger partial charge on any atom is -0.503 e. The summed E-state index contributed by atoms with van der Waals surface area (Å²) in [4.78, 5) is 11.9. The van der Waals surface area contributed by atoms with Gasteiger partial charge in [-0.2, -0.15) is 5.10 Å². The van der Waals surface area contributed by atoms with Crippen LogP contribution in [0.2, 0.25) is 0 Å². The largest absolute Gasteiger partial charge is 0.503 e. The van der Waals surface area contributed by atoms with Crippen LogP contribution in [0.4, 0.5) is 0 Å². The molecule has 0 saturated heterocycles. The molecule has 2 rings (SSSR count). The number of hydrogen-bond acceptors (Lipinski definition) is 5. The summed E-state index contributed by atoms with van der Waals surface area (Å²) in [5, 5.41) is 13.6. The summed E-state index contributed by atoms with van der Waals surface area (Å²) in [6.07, 6.45) is 3.88. The number of hydrazone groups is 1. The maximum atomic E-state index is 11.9. The number of benzene rings is 2. The molecule has 0 aliphatic carbocycles. The predicted molar refractivity (Wildman–Crippen MR) is 104 cm³/mol. The van der Waals surface area contributed by atoms with Crippen molar-refractivity contribution in [3.05, 3.63) is 64.7 Å². The van der Waals surface area contributed by atoms with Crippen LogP contribution in [0.15, 0.2) is 58.6 Å². The number of carbonyl (C=O) groups excluding carboxylic acids is 1. The van der Waals surface area contributed by atoms with Gasteiger partial charge in [-0.3, -0.25) is 4.79 Å². The number of methoxy groups -OCH3 is 1. The van der Waals surface area contributed by atoms with E-state index in [1.165, 1.54) is 13.3 Å². The molecule has 0 atom stereocenters. The van der Waals surface area contributed by atoms with Crippen molar-refractivity contribution in [3.63, 3.8) is 0 Å². The van der Waals surface area contributed by atoms with Gasteiger partial charge in [-0.15, -0.1) is 6.58 Å². The smallest absolute Gasteiger partial charge is 0.277 e. The van der Waals surface area contributed by atoms with Crippen molar-refractivity contribution in [2.75, 3.05) is 13.7 Å². The van der Waals surface area contributed by atoms with E-state index in [0.29, 0.717) is 28.0 Å². The van der Waals surface area contributed by atoms with Crippen molar-refractivity contribution in [1.29, 1.82) is 0 Å². The Labute approximate surface area is 160 Å². The summed E-state index contributed by atoms with van der Waals surface area (Å²) in [7, 11) is 1.45. The van der Waals surface area contributed by atoms with Gasteiger partial charge in [-0.05, 0) is 51.7 Å². The predicted octanol–water partition coefficient (Wildman–Crippen LogP) is 3.42. The van der Waals surface area contributed by atoms with E-state index >= 15 is 0 Å². The number of phenolic OH excluding ortho intramolecular Hbond substituents is 1. The molecule has 0 heterocycles. The molecule has 2 aromatic rings. The highest BCUT2D eigenvalue weighted by Gasteiger charge is 2.08. The van der Waals surface area contributed by atoms with Crippen LogP contribution < -0.4 is 14.9 Å². The van der Waals surface area contributed by atoms with Crippen molar-refractivity contribution >= 4 is 28.1 Å². The zero-order chi connectivity index (χ0) is 18.9. The van der Waals surface area contributed by atoms with Crippen molar-refractivity contribution in [3.8, 4) is 17.2 Å². The lowest BCUT2D eigenvalue weighted by molar-refractivity contribution is -0.123. The van der Waals surface area contributed by atoms with Crippen molar-refractivity contribution in [2.24, 2.45) is 5.10 Å². The highest BCUT2D eigenvalue weighted by atomic mass is 79.9. The summed E-state index contributed by atoms with van der Waals surface area (Å²) >= 11 is 3.22. The van der Waals surface area contributed by atoms with E-state index in [1.54, 1.807) is 24.3 Å². The van der Waals surface area contributed by atoms with Crippen LogP contribution in [0.3, 0.4) is 0 Å². The van der Waals surface area contributed by atoms with Crippen LogP contribution in [0.1, 0.15) is 11.1 Å². The average molecular weight is 419 g/mol. The molecule has 0 unspecified atom stereocenters. The van der Waals surface area contributed by atoms with E-state index in [9.17, 15) is 9.90 Å². The Morgan fingerprint density at radius 3 is 2.85 bits per heavy atom. The molecule has 7 heteroatoms. The van der Waals surface area contributed by atoms with Gasteiger partial charge in [0, 0.05) is 0 Å². The van der Waals surface area contributed by atoms with Gasteiger partial charge in [-0.1, -0.05) is 24.3 Å². The summed E-state index contributed by atoms with van der Waals surface area (Å²) in [5.74, 6) is 0.549. The number of nitrogens with zero attached hydrogens (tertiary/aromatic N) is 1. The molecule has 1 amide bonds. The fourth-order valence-electron chi connectivity index (χ4n) is 2.15. The van der Waals surface area contributed by atoms with E-state index in [-0.39, 0.29) is 18.3 Å². The first kappa shape index (κ1) is 19.5. The average Bonchev–Trinajstić information content (AvgIpc) is 2.64. The number of amides is 1. The SMILES string of the molecule is C=CCc1ccccc1OCC(=O)N/N=C\c1cc(Br)c(O)c(OC)c1. The number of allylic oxidation sites excluding steroid dienone is 1. The van der Waals surface area contributed by atoms with Gasteiger partial charge in [0.05, 0.1) is 17.8 Å². The molecule has 2 aromatic carbocycles. The molecule has 0 saturated carbocycles. The Morgan fingerprint density at radius 1 is 1.35 bits per heavy atom. The van der Waals surface area contributed by atoms with Crippen LogP contribution in [-0.4, -0.2) is 30.9 Å². The zero-order valence-corrected chi connectivity index (χ0v) is 15.8. The molecule has 0 spiro atoms. The second-order valence-electron chi connectivity index (χ2n) is 5.24. The summed E-state index contributed by atoms with van der Waals surface area (Å²) in [5.41, 5.74) is 3.99.